The van der Waals surface area contributed by atoms with Crippen LogP contribution in [0.3, 0.4) is 0 Å². The van der Waals surface area contributed by atoms with Gasteiger partial charge in [-0.05, 0) is 44.3 Å². The van der Waals surface area contributed by atoms with Crippen molar-refractivity contribution in [3.63, 3.8) is 0 Å². The van der Waals surface area contributed by atoms with Crippen molar-refractivity contribution in [3.05, 3.63) is 35.9 Å². The van der Waals surface area contributed by atoms with Crippen molar-refractivity contribution >= 4 is 12.0 Å². The Bertz CT molecular complexity index is 566. The van der Waals surface area contributed by atoms with Gasteiger partial charge in [-0.1, -0.05) is 30.4 Å². The molecule has 5 heteroatoms. The van der Waals surface area contributed by atoms with Gasteiger partial charge < -0.3 is 14.8 Å². The molecule has 1 N–H and O–H groups in total. The molecule has 0 bridgehead atoms. The van der Waals surface area contributed by atoms with Crippen LogP contribution in [0.1, 0.15) is 31.2 Å². The van der Waals surface area contributed by atoms with Crippen molar-refractivity contribution in [2.45, 2.75) is 25.7 Å². The molecule has 1 amide bonds. The van der Waals surface area contributed by atoms with Gasteiger partial charge in [-0.3, -0.25) is 9.69 Å². The summed E-state index contributed by atoms with van der Waals surface area (Å²) in [5, 5.41) is 2.89. The van der Waals surface area contributed by atoms with Gasteiger partial charge >= 0.3 is 0 Å². The minimum atomic E-state index is 0.143. The summed E-state index contributed by atoms with van der Waals surface area (Å²) in [6.07, 6.45) is 8.31. The zero-order chi connectivity index (χ0) is 18.6. The first-order valence-electron chi connectivity index (χ1n) is 9.50. The zero-order valence-electron chi connectivity index (χ0n) is 16.1. The van der Waals surface area contributed by atoms with E-state index in [-0.39, 0.29) is 5.91 Å². The van der Waals surface area contributed by atoms with Crippen LogP contribution in [0, 0.1) is 5.92 Å². The van der Waals surface area contributed by atoms with Crippen LogP contribution >= 0.6 is 0 Å². The Morgan fingerprint density at radius 3 is 2.77 bits per heavy atom. The summed E-state index contributed by atoms with van der Waals surface area (Å²) in [6, 6.07) is 8.06. The van der Waals surface area contributed by atoms with Gasteiger partial charge in [0.1, 0.15) is 5.75 Å². The summed E-state index contributed by atoms with van der Waals surface area (Å²) < 4.78 is 10.3. The summed E-state index contributed by atoms with van der Waals surface area (Å²) in [5.74, 6) is 1.72. The molecule has 1 aromatic carbocycles. The molecule has 0 spiro atoms. The number of benzene rings is 1. The first-order valence-corrected chi connectivity index (χ1v) is 9.50. The number of ether oxygens (including phenoxy) is 2. The lowest BCUT2D eigenvalue weighted by Crippen LogP contribution is -2.34. The number of carbonyl (C=O) groups is 1. The molecule has 0 atom stereocenters. The van der Waals surface area contributed by atoms with E-state index in [9.17, 15) is 4.79 Å². The van der Waals surface area contributed by atoms with E-state index < -0.39 is 0 Å². The molecular formula is C21H32N2O3. The number of piperidine rings is 1. The average molecular weight is 360 g/mol. The van der Waals surface area contributed by atoms with E-state index in [1.807, 2.05) is 18.2 Å². The standard InChI is InChI=1S/C21H32N2O3/c1-25-17-13-22-21(24)10-9-18-11-15-23(16-12-18)14-5-7-19-6-3-4-8-20(19)26-2/h3-8,18H,9-17H2,1-2H3,(H,22,24). The lowest BCUT2D eigenvalue weighted by atomic mass is 9.92. The highest BCUT2D eigenvalue weighted by molar-refractivity contribution is 5.75. The van der Waals surface area contributed by atoms with E-state index in [4.69, 9.17) is 9.47 Å². The minimum absolute atomic E-state index is 0.143. The second kappa shape index (κ2) is 11.7. The van der Waals surface area contributed by atoms with Crippen LogP contribution in [0.5, 0.6) is 5.75 Å². The van der Waals surface area contributed by atoms with E-state index in [2.05, 4.69) is 28.4 Å². The highest BCUT2D eigenvalue weighted by atomic mass is 16.5. The summed E-state index contributed by atoms with van der Waals surface area (Å²) in [7, 11) is 3.35. The van der Waals surface area contributed by atoms with Crippen molar-refractivity contribution in [1.29, 1.82) is 0 Å². The molecule has 1 fully saturated rings. The topological polar surface area (TPSA) is 50.8 Å². The molecule has 0 radical (unpaired) electrons. The number of carbonyl (C=O) groups excluding carboxylic acids is 1. The maximum absolute atomic E-state index is 11.8. The molecule has 26 heavy (non-hydrogen) atoms. The van der Waals surface area contributed by atoms with Crippen LogP contribution in [0.15, 0.2) is 30.3 Å². The lowest BCUT2D eigenvalue weighted by Gasteiger charge is -2.31. The average Bonchev–Trinajstić information content (AvgIpc) is 2.68. The molecule has 0 saturated carbocycles. The van der Waals surface area contributed by atoms with Crippen LogP contribution in [0.4, 0.5) is 0 Å². The number of nitrogens with zero attached hydrogens (tertiary/aromatic N) is 1. The fourth-order valence-electron chi connectivity index (χ4n) is 3.31. The minimum Gasteiger partial charge on any atom is -0.496 e. The molecule has 144 valence electrons. The third-order valence-corrected chi connectivity index (χ3v) is 4.92. The third kappa shape index (κ3) is 7.18. The number of nitrogens with one attached hydrogen (secondary N) is 1. The Morgan fingerprint density at radius 1 is 1.27 bits per heavy atom. The molecule has 0 unspecified atom stereocenters. The number of hydrogen-bond acceptors (Lipinski definition) is 4. The molecule has 1 aliphatic rings. The first-order chi connectivity index (χ1) is 12.7. The number of hydrogen-bond donors (Lipinski definition) is 1. The maximum atomic E-state index is 11.8. The summed E-state index contributed by atoms with van der Waals surface area (Å²) >= 11 is 0. The highest BCUT2D eigenvalue weighted by Gasteiger charge is 2.19. The quantitative estimate of drug-likeness (QED) is 0.652. The molecule has 1 aromatic rings. The Kier molecular flexibility index (Phi) is 9.21. The van der Waals surface area contributed by atoms with Crippen LogP contribution in [-0.4, -0.2) is 57.8 Å². The Labute approximate surface area is 157 Å². The van der Waals surface area contributed by atoms with Crippen LogP contribution < -0.4 is 10.1 Å². The predicted octanol–water partition coefficient (Wildman–Crippen LogP) is 2.96. The normalized spacial score (nSPS) is 16.1. The van der Waals surface area contributed by atoms with E-state index >= 15 is 0 Å². The SMILES string of the molecule is COCCNC(=O)CCC1CCN(CC=Cc2ccccc2OC)CC1. The summed E-state index contributed by atoms with van der Waals surface area (Å²) in [4.78, 5) is 14.2. The molecule has 1 heterocycles. The molecule has 1 saturated heterocycles. The fraction of sp³-hybridized carbons (Fsp3) is 0.571. The number of methoxy groups -OCH3 is 2. The van der Waals surface area contributed by atoms with Crippen molar-refractivity contribution in [3.8, 4) is 5.75 Å². The zero-order valence-corrected chi connectivity index (χ0v) is 16.1. The second-order valence-corrected chi connectivity index (χ2v) is 6.77. The van der Waals surface area contributed by atoms with Gasteiger partial charge in [-0.2, -0.15) is 0 Å². The van der Waals surface area contributed by atoms with Gasteiger partial charge in [0.05, 0.1) is 13.7 Å². The fourth-order valence-corrected chi connectivity index (χ4v) is 3.31. The summed E-state index contributed by atoms with van der Waals surface area (Å²) in [5.41, 5.74) is 1.12. The third-order valence-electron chi connectivity index (χ3n) is 4.92. The number of para-hydroxylation sites is 1. The number of amides is 1. The van der Waals surface area contributed by atoms with Crippen LogP contribution in [0.25, 0.3) is 6.08 Å². The van der Waals surface area contributed by atoms with Gasteiger partial charge in [-0.15, -0.1) is 0 Å². The van der Waals surface area contributed by atoms with Gasteiger partial charge in [0.25, 0.3) is 0 Å². The highest BCUT2D eigenvalue weighted by Crippen LogP contribution is 2.22. The summed E-state index contributed by atoms with van der Waals surface area (Å²) in [6.45, 7) is 4.35. The van der Waals surface area contributed by atoms with E-state index in [0.717, 1.165) is 37.4 Å². The van der Waals surface area contributed by atoms with Crippen molar-refractivity contribution in [1.82, 2.24) is 10.2 Å². The Hall–Kier alpha value is -1.85. The lowest BCUT2D eigenvalue weighted by molar-refractivity contribution is -0.121. The Morgan fingerprint density at radius 2 is 2.04 bits per heavy atom. The monoisotopic (exact) mass is 360 g/mol. The Balaban J connectivity index is 1.64. The number of rotatable bonds is 10. The predicted molar refractivity (Wildman–Crippen MR) is 105 cm³/mol. The molecular weight excluding hydrogens is 328 g/mol. The molecule has 5 nitrogen and oxygen atoms in total. The second-order valence-electron chi connectivity index (χ2n) is 6.77. The molecule has 1 aliphatic heterocycles. The smallest absolute Gasteiger partial charge is 0.220 e. The van der Waals surface area contributed by atoms with Gasteiger partial charge in [0.15, 0.2) is 0 Å². The van der Waals surface area contributed by atoms with Crippen LogP contribution in [0.2, 0.25) is 0 Å². The maximum Gasteiger partial charge on any atom is 0.220 e. The molecule has 0 aliphatic carbocycles. The molecule has 2 rings (SSSR count). The van der Waals surface area contributed by atoms with E-state index in [1.54, 1.807) is 14.2 Å². The molecule has 0 aromatic heterocycles. The van der Waals surface area contributed by atoms with E-state index in [1.165, 1.54) is 12.8 Å². The van der Waals surface area contributed by atoms with Crippen molar-refractivity contribution < 1.29 is 14.3 Å². The van der Waals surface area contributed by atoms with E-state index in [0.29, 0.717) is 25.5 Å². The van der Waals surface area contributed by atoms with Gasteiger partial charge in [-0.25, -0.2) is 0 Å². The first kappa shape index (κ1) is 20.5. The van der Waals surface area contributed by atoms with Gasteiger partial charge in [0, 0.05) is 32.2 Å². The van der Waals surface area contributed by atoms with Gasteiger partial charge in [0.2, 0.25) is 5.91 Å². The number of likely N-dealkylation sites (tertiary alicyclic amines) is 1. The van der Waals surface area contributed by atoms with Crippen molar-refractivity contribution in [2.75, 3.05) is 47.0 Å². The van der Waals surface area contributed by atoms with Crippen LogP contribution in [-0.2, 0) is 9.53 Å². The van der Waals surface area contributed by atoms with Crippen molar-refractivity contribution in [2.24, 2.45) is 5.92 Å². The largest absolute Gasteiger partial charge is 0.496 e.